The van der Waals surface area contributed by atoms with Crippen LogP contribution in [-0.2, 0) is 0 Å². The van der Waals surface area contributed by atoms with Crippen LogP contribution in [-0.4, -0.2) is 9.97 Å². The van der Waals surface area contributed by atoms with Gasteiger partial charge in [0.15, 0.2) is 0 Å². The van der Waals surface area contributed by atoms with Gasteiger partial charge in [-0.1, -0.05) is 97.1 Å². The second kappa shape index (κ2) is 7.99. The van der Waals surface area contributed by atoms with Gasteiger partial charge in [-0.25, -0.2) is 4.98 Å². The minimum absolute atomic E-state index is 0.854. The van der Waals surface area contributed by atoms with Crippen LogP contribution in [0.2, 0.25) is 0 Å². The molecule has 0 radical (unpaired) electrons. The highest BCUT2D eigenvalue weighted by atomic mass is 16.3. The van der Waals surface area contributed by atoms with E-state index in [-0.39, 0.29) is 0 Å². The lowest BCUT2D eigenvalue weighted by Gasteiger charge is -2.11. The van der Waals surface area contributed by atoms with Crippen molar-refractivity contribution in [2.45, 2.75) is 6.92 Å². The van der Waals surface area contributed by atoms with Gasteiger partial charge in [0.1, 0.15) is 11.2 Å². The molecule has 0 aliphatic rings. The van der Waals surface area contributed by atoms with Crippen LogP contribution in [0.15, 0.2) is 120 Å². The highest BCUT2D eigenvalue weighted by Crippen LogP contribution is 2.38. The number of aromatic nitrogens is 2. The van der Waals surface area contributed by atoms with E-state index in [9.17, 15) is 0 Å². The molecular weight excluding hydrogens is 464 g/mol. The Balaban J connectivity index is 1.33. The molecule has 0 unspecified atom stereocenters. The van der Waals surface area contributed by atoms with Gasteiger partial charge in [0.25, 0.3) is 0 Å². The molecule has 0 amide bonds. The number of rotatable bonds is 2. The van der Waals surface area contributed by atoms with Crippen molar-refractivity contribution in [2.75, 3.05) is 0 Å². The van der Waals surface area contributed by atoms with Gasteiger partial charge in [0.2, 0.25) is 0 Å². The summed E-state index contributed by atoms with van der Waals surface area (Å²) in [5, 5.41) is 6.92. The molecule has 0 atom stereocenters. The molecule has 0 aliphatic heterocycles. The zero-order valence-electron chi connectivity index (χ0n) is 20.8. The molecule has 0 saturated carbocycles. The van der Waals surface area contributed by atoms with E-state index >= 15 is 0 Å². The molecular formula is C35H22N2O. The van der Waals surface area contributed by atoms with Crippen molar-refractivity contribution < 1.29 is 4.42 Å². The number of fused-ring (bicyclic) bond motifs is 9. The minimum atomic E-state index is 0.854. The maximum Gasteiger partial charge on any atom is 0.143 e. The summed E-state index contributed by atoms with van der Waals surface area (Å²) in [6.07, 6.45) is 1.90. The van der Waals surface area contributed by atoms with Crippen molar-refractivity contribution in [2.24, 2.45) is 0 Å². The van der Waals surface area contributed by atoms with Gasteiger partial charge in [-0.2, -0.15) is 0 Å². The minimum Gasteiger partial charge on any atom is -0.455 e. The molecule has 8 rings (SSSR count). The first-order valence-corrected chi connectivity index (χ1v) is 12.8. The Hall–Kier alpha value is -5.02. The first-order chi connectivity index (χ1) is 18.7. The van der Waals surface area contributed by atoms with Gasteiger partial charge in [-0.3, -0.25) is 4.98 Å². The average Bonchev–Trinajstić information content (AvgIpc) is 3.35. The van der Waals surface area contributed by atoms with E-state index in [0.717, 1.165) is 66.1 Å². The Bertz CT molecular complexity index is 2170. The van der Waals surface area contributed by atoms with Gasteiger partial charge < -0.3 is 4.42 Å². The lowest BCUT2D eigenvalue weighted by Crippen LogP contribution is -1.92. The van der Waals surface area contributed by atoms with Crippen LogP contribution in [0.4, 0.5) is 0 Å². The standard InChI is InChI=1S/C35H22N2O/c1-21-16-17-27-30-15-7-14-24(35(30)38-32(27)18-21)22-8-6-9-23(19-22)31-20-36-33-28-12-4-2-10-25(28)26-11-3-5-13-29(26)34(33)37-31/h2-20H,1H3. The summed E-state index contributed by atoms with van der Waals surface area (Å²) in [5.41, 5.74) is 8.92. The predicted octanol–water partition coefficient (Wildman–Crippen LogP) is 9.48. The molecule has 0 aliphatic carbocycles. The normalized spacial score (nSPS) is 11.8. The van der Waals surface area contributed by atoms with E-state index in [1.165, 1.54) is 16.3 Å². The second-order valence-corrected chi connectivity index (χ2v) is 9.91. The fourth-order valence-electron chi connectivity index (χ4n) is 5.74. The lowest BCUT2D eigenvalue weighted by molar-refractivity contribution is 0.669. The number of benzene rings is 6. The number of furan rings is 1. The lowest BCUT2D eigenvalue weighted by atomic mass is 9.98. The van der Waals surface area contributed by atoms with Crippen molar-refractivity contribution in [3.8, 4) is 22.4 Å². The van der Waals surface area contributed by atoms with Gasteiger partial charge >= 0.3 is 0 Å². The van der Waals surface area contributed by atoms with Gasteiger partial charge in [0, 0.05) is 32.7 Å². The topological polar surface area (TPSA) is 38.9 Å². The molecule has 38 heavy (non-hydrogen) atoms. The van der Waals surface area contributed by atoms with Crippen LogP contribution in [0.3, 0.4) is 0 Å². The molecule has 2 aromatic heterocycles. The van der Waals surface area contributed by atoms with Gasteiger partial charge in [-0.05, 0) is 41.0 Å². The van der Waals surface area contributed by atoms with Gasteiger partial charge in [-0.15, -0.1) is 0 Å². The Kier molecular flexibility index (Phi) is 4.44. The number of aryl methyl sites for hydroxylation is 1. The third-order valence-electron chi connectivity index (χ3n) is 7.55. The monoisotopic (exact) mass is 486 g/mol. The van der Waals surface area contributed by atoms with E-state index in [1.54, 1.807) is 0 Å². The van der Waals surface area contributed by atoms with Crippen molar-refractivity contribution in [3.05, 3.63) is 121 Å². The molecule has 0 N–H and O–H groups in total. The number of nitrogens with zero attached hydrogens (tertiary/aromatic N) is 2. The smallest absolute Gasteiger partial charge is 0.143 e. The van der Waals surface area contributed by atoms with Crippen LogP contribution in [0.1, 0.15) is 5.56 Å². The maximum atomic E-state index is 6.38. The van der Waals surface area contributed by atoms with E-state index < -0.39 is 0 Å². The average molecular weight is 487 g/mol. The Morgan fingerprint density at radius 1 is 0.553 bits per heavy atom. The molecule has 0 fully saturated rings. The van der Waals surface area contributed by atoms with Gasteiger partial charge in [0.05, 0.1) is 22.9 Å². The van der Waals surface area contributed by atoms with Crippen LogP contribution in [0, 0.1) is 6.92 Å². The maximum absolute atomic E-state index is 6.38. The summed E-state index contributed by atoms with van der Waals surface area (Å²) < 4.78 is 6.38. The molecule has 178 valence electrons. The fourth-order valence-corrected chi connectivity index (χ4v) is 5.74. The molecule has 0 saturated heterocycles. The Morgan fingerprint density at radius 2 is 1.24 bits per heavy atom. The molecule has 6 aromatic carbocycles. The van der Waals surface area contributed by atoms with Crippen LogP contribution in [0.5, 0.6) is 0 Å². The van der Waals surface area contributed by atoms with Crippen LogP contribution < -0.4 is 0 Å². The van der Waals surface area contributed by atoms with Crippen molar-refractivity contribution in [1.29, 1.82) is 0 Å². The third kappa shape index (κ3) is 3.09. The first kappa shape index (κ1) is 21.1. The summed E-state index contributed by atoms with van der Waals surface area (Å²) in [5.74, 6) is 0. The number of hydrogen-bond acceptors (Lipinski definition) is 3. The fraction of sp³-hybridized carbons (Fsp3) is 0.0286. The van der Waals surface area contributed by atoms with E-state index in [1.807, 2.05) is 6.20 Å². The third-order valence-corrected chi connectivity index (χ3v) is 7.55. The summed E-state index contributed by atoms with van der Waals surface area (Å²) in [4.78, 5) is 10.1. The van der Waals surface area contributed by atoms with E-state index in [4.69, 9.17) is 14.4 Å². The molecule has 8 aromatic rings. The zero-order valence-corrected chi connectivity index (χ0v) is 20.8. The predicted molar refractivity (Wildman–Crippen MR) is 157 cm³/mol. The van der Waals surface area contributed by atoms with Crippen LogP contribution in [0.25, 0.3) is 76.9 Å². The molecule has 0 spiro atoms. The largest absolute Gasteiger partial charge is 0.455 e. The molecule has 2 heterocycles. The first-order valence-electron chi connectivity index (χ1n) is 12.8. The van der Waals surface area contributed by atoms with Crippen LogP contribution >= 0.6 is 0 Å². The van der Waals surface area contributed by atoms with Crippen molar-refractivity contribution in [1.82, 2.24) is 9.97 Å². The highest BCUT2D eigenvalue weighted by Gasteiger charge is 2.15. The van der Waals surface area contributed by atoms with E-state index in [0.29, 0.717) is 0 Å². The Labute approximate surface area is 219 Å². The molecule has 3 heteroatoms. The zero-order chi connectivity index (χ0) is 25.2. The summed E-state index contributed by atoms with van der Waals surface area (Å²) in [6.45, 7) is 2.09. The highest BCUT2D eigenvalue weighted by molar-refractivity contribution is 6.23. The summed E-state index contributed by atoms with van der Waals surface area (Å²) >= 11 is 0. The second-order valence-electron chi connectivity index (χ2n) is 9.91. The Morgan fingerprint density at radius 3 is 2.05 bits per heavy atom. The SMILES string of the molecule is Cc1ccc2c(c1)oc1c(-c3cccc(-c4cnc5c6ccccc6c6ccccc6c5n4)c3)cccc12. The number of para-hydroxylation sites is 1. The van der Waals surface area contributed by atoms with E-state index in [2.05, 4.69) is 116 Å². The molecule has 3 nitrogen and oxygen atoms in total. The quantitative estimate of drug-likeness (QED) is 0.228. The number of hydrogen-bond donors (Lipinski definition) is 0. The van der Waals surface area contributed by atoms with Crippen molar-refractivity contribution >= 4 is 54.5 Å². The summed E-state index contributed by atoms with van der Waals surface area (Å²) in [7, 11) is 0. The van der Waals surface area contributed by atoms with Crippen molar-refractivity contribution in [3.63, 3.8) is 0 Å². The summed E-state index contributed by atoms with van der Waals surface area (Å²) in [6, 6.07) is 38.2. The molecule has 0 bridgehead atoms.